The normalized spacial score (nSPS) is 12.1. The molecule has 3 aromatic rings. The van der Waals surface area contributed by atoms with Crippen LogP contribution < -0.4 is 14.4 Å². The van der Waals surface area contributed by atoms with Crippen molar-refractivity contribution in [1.82, 2.24) is 5.32 Å². The molecule has 3 rings (SSSR count). The van der Waals surface area contributed by atoms with E-state index in [1.807, 2.05) is 32.9 Å². The monoisotopic (exact) mass is 466 g/mol. The van der Waals surface area contributed by atoms with E-state index in [0.717, 1.165) is 15.4 Å². The van der Waals surface area contributed by atoms with Gasteiger partial charge in [-0.2, -0.15) is 0 Å². The molecular formula is C26H30N2O4S. The Morgan fingerprint density at radius 1 is 0.970 bits per heavy atom. The first-order chi connectivity index (χ1) is 15.8. The van der Waals surface area contributed by atoms with E-state index in [9.17, 15) is 13.2 Å². The zero-order valence-electron chi connectivity index (χ0n) is 19.4. The van der Waals surface area contributed by atoms with Gasteiger partial charge in [-0.15, -0.1) is 0 Å². The molecule has 0 aliphatic carbocycles. The van der Waals surface area contributed by atoms with Gasteiger partial charge in [0, 0.05) is 6.07 Å². The number of hydrogen-bond acceptors (Lipinski definition) is 4. The van der Waals surface area contributed by atoms with E-state index in [4.69, 9.17) is 4.74 Å². The Bertz CT molecular complexity index is 1210. The topological polar surface area (TPSA) is 75.7 Å². The number of aryl methyl sites for hydroxylation is 2. The van der Waals surface area contributed by atoms with E-state index in [0.29, 0.717) is 17.9 Å². The van der Waals surface area contributed by atoms with Gasteiger partial charge >= 0.3 is 0 Å². The van der Waals surface area contributed by atoms with Gasteiger partial charge in [-0.05, 0) is 61.2 Å². The molecule has 0 fully saturated rings. The zero-order chi connectivity index (χ0) is 24.0. The van der Waals surface area contributed by atoms with Crippen LogP contribution in [-0.4, -0.2) is 28.0 Å². The summed E-state index contributed by atoms with van der Waals surface area (Å²) >= 11 is 0. The van der Waals surface area contributed by atoms with Crippen molar-refractivity contribution < 1.29 is 17.9 Å². The summed E-state index contributed by atoms with van der Waals surface area (Å²) < 4.78 is 33.3. The van der Waals surface area contributed by atoms with E-state index in [-0.39, 0.29) is 23.4 Å². The summed E-state index contributed by atoms with van der Waals surface area (Å²) in [6.45, 7) is 5.70. The van der Waals surface area contributed by atoms with Crippen LogP contribution in [0.25, 0.3) is 0 Å². The molecule has 0 spiro atoms. The average molecular weight is 467 g/mol. The number of hydrogen-bond donors (Lipinski definition) is 1. The number of anilines is 1. The van der Waals surface area contributed by atoms with Crippen LogP contribution in [0, 0.1) is 13.8 Å². The first kappa shape index (κ1) is 24.3. The molecule has 0 aliphatic rings. The third kappa shape index (κ3) is 5.73. The maximum absolute atomic E-state index is 13.5. The SMILES string of the molecule is CCC(NC(=O)CN(c1cccc(OC)c1)S(=O)(=O)c1ccccc1)c1ccc(C)c(C)c1. The van der Waals surface area contributed by atoms with Gasteiger partial charge in [0.15, 0.2) is 0 Å². The second-order valence-corrected chi connectivity index (χ2v) is 9.76. The summed E-state index contributed by atoms with van der Waals surface area (Å²) in [6.07, 6.45) is 0.679. The molecule has 0 saturated heterocycles. The van der Waals surface area contributed by atoms with Crippen molar-refractivity contribution in [3.63, 3.8) is 0 Å². The number of carbonyl (C=O) groups excluding carboxylic acids is 1. The second kappa shape index (κ2) is 10.5. The molecule has 0 saturated carbocycles. The number of amides is 1. The van der Waals surface area contributed by atoms with Gasteiger partial charge in [0.1, 0.15) is 12.3 Å². The standard InChI is InChI=1S/C26H30N2O4S/c1-5-25(21-15-14-19(2)20(3)16-21)27-26(29)18-28(22-10-9-11-23(17-22)32-4)33(30,31)24-12-7-6-8-13-24/h6-17,25H,5,18H2,1-4H3,(H,27,29). The fourth-order valence-corrected chi connectivity index (χ4v) is 5.01. The molecule has 0 bridgehead atoms. The number of ether oxygens (including phenoxy) is 1. The van der Waals surface area contributed by atoms with Crippen LogP contribution in [-0.2, 0) is 14.8 Å². The Labute approximate surface area is 196 Å². The largest absolute Gasteiger partial charge is 0.497 e. The van der Waals surface area contributed by atoms with Crippen LogP contribution in [0.2, 0.25) is 0 Å². The van der Waals surface area contributed by atoms with Crippen molar-refractivity contribution in [2.75, 3.05) is 18.0 Å². The smallest absolute Gasteiger partial charge is 0.264 e. The van der Waals surface area contributed by atoms with E-state index >= 15 is 0 Å². The lowest BCUT2D eigenvalue weighted by atomic mass is 9.99. The van der Waals surface area contributed by atoms with Crippen LogP contribution in [0.15, 0.2) is 77.7 Å². The molecule has 7 heteroatoms. The van der Waals surface area contributed by atoms with E-state index < -0.39 is 10.0 Å². The van der Waals surface area contributed by atoms with Crippen LogP contribution in [0.4, 0.5) is 5.69 Å². The predicted molar refractivity (Wildman–Crippen MR) is 131 cm³/mol. The van der Waals surface area contributed by atoms with Crippen molar-refractivity contribution >= 4 is 21.6 Å². The zero-order valence-corrected chi connectivity index (χ0v) is 20.2. The molecular weight excluding hydrogens is 436 g/mol. The Morgan fingerprint density at radius 2 is 1.70 bits per heavy atom. The summed E-state index contributed by atoms with van der Waals surface area (Å²) in [5.41, 5.74) is 3.67. The minimum Gasteiger partial charge on any atom is -0.497 e. The lowest BCUT2D eigenvalue weighted by molar-refractivity contribution is -0.120. The summed E-state index contributed by atoms with van der Waals surface area (Å²) in [7, 11) is -2.47. The molecule has 0 aliphatic heterocycles. The van der Waals surface area contributed by atoms with Gasteiger partial charge in [-0.1, -0.05) is 49.4 Å². The molecule has 6 nitrogen and oxygen atoms in total. The summed E-state index contributed by atoms with van der Waals surface area (Å²) in [4.78, 5) is 13.2. The molecule has 1 N–H and O–H groups in total. The fourth-order valence-electron chi connectivity index (χ4n) is 3.57. The average Bonchev–Trinajstić information content (AvgIpc) is 2.83. The van der Waals surface area contributed by atoms with Crippen LogP contribution in [0.1, 0.15) is 36.1 Å². The van der Waals surface area contributed by atoms with E-state index in [1.165, 1.54) is 24.8 Å². The highest BCUT2D eigenvalue weighted by Crippen LogP contribution is 2.27. The molecule has 3 aromatic carbocycles. The third-order valence-corrected chi connectivity index (χ3v) is 7.42. The lowest BCUT2D eigenvalue weighted by Gasteiger charge is -2.26. The molecule has 0 heterocycles. The maximum atomic E-state index is 13.5. The van der Waals surface area contributed by atoms with Gasteiger partial charge in [-0.3, -0.25) is 9.10 Å². The Hall–Kier alpha value is -3.32. The third-order valence-electron chi connectivity index (χ3n) is 5.64. The van der Waals surface area contributed by atoms with Crippen molar-refractivity contribution in [1.29, 1.82) is 0 Å². The van der Waals surface area contributed by atoms with Gasteiger partial charge in [0.25, 0.3) is 10.0 Å². The number of benzene rings is 3. The Kier molecular flexibility index (Phi) is 7.76. The van der Waals surface area contributed by atoms with Gasteiger partial charge in [-0.25, -0.2) is 8.42 Å². The van der Waals surface area contributed by atoms with Crippen LogP contribution in [0.3, 0.4) is 0 Å². The first-order valence-electron chi connectivity index (χ1n) is 10.8. The van der Waals surface area contributed by atoms with Gasteiger partial charge < -0.3 is 10.1 Å². The highest BCUT2D eigenvalue weighted by molar-refractivity contribution is 7.92. The number of sulfonamides is 1. The minimum atomic E-state index is -3.98. The Balaban J connectivity index is 1.92. The van der Waals surface area contributed by atoms with E-state index in [2.05, 4.69) is 11.4 Å². The predicted octanol–water partition coefficient (Wildman–Crippen LogP) is 4.77. The molecule has 33 heavy (non-hydrogen) atoms. The number of nitrogens with zero attached hydrogens (tertiary/aromatic N) is 1. The van der Waals surface area contributed by atoms with Crippen LogP contribution in [0.5, 0.6) is 5.75 Å². The number of carbonyl (C=O) groups is 1. The second-order valence-electron chi connectivity index (χ2n) is 7.90. The first-order valence-corrected chi connectivity index (χ1v) is 12.3. The maximum Gasteiger partial charge on any atom is 0.264 e. The summed E-state index contributed by atoms with van der Waals surface area (Å²) in [5.74, 6) is 0.116. The van der Waals surface area contributed by atoms with Crippen molar-refractivity contribution in [2.45, 2.75) is 38.1 Å². The number of rotatable bonds is 9. The molecule has 1 amide bonds. The van der Waals surface area contributed by atoms with Crippen molar-refractivity contribution in [3.8, 4) is 5.75 Å². The quantitative estimate of drug-likeness (QED) is 0.493. The van der Waals surface area contributed by atoms with Gasteiger partial charge in [0.05, 0.1) is 23.7 Å². The molecule has 1 unspecified atom stereocenters. The fraction of sp³-hybridized carbons (Fsp3) is 0.269. The van der Waals surface area contributed by atoms with Crippen LogP contribution >= 0.6 is 0 Å². The summed E-state index contributed by atoms with van der Waals surface area (Å²) in [6, 6.07) is 20.6. The molecule has 0 aromatic heterocycles. The van der Waals surface area contributed by atoms with E-state index in [1.54, 1.807) is 42.5 Å². The lowest BCUT2D eigenvalue weighted by Crippen LogP contribution is -2.42. The highest BCUT2D eigenvalue weighted by atomic mass is 32.2. The molecule has 0 radical (unpaired) electrons. The summed E-state index contributed by atoms with van der Waals surface area (Å²) in [5, 5.41) is 3.01. The minimum absolute atomic E-state index is 0.113. The van der Waals surface area contributed by atoms with Crippen molar-refractivity contribution in [3.05, 3.63) is 89.5 Å². The highest BCUT2D eigenvalue weighted by Gasteiger charge is 2.28. The number of methoxy groups -OCH3 is 1. The van der Waals surface area contributed by atoms with Crippen molar-refractivity contribution in [2.24, 2.45) is 0 Å². The number of nitrogens with one attached hydrogen (secondary N) is 1. The molecule has 1 atom stereocenters. The molecule has 174 valence electrons. The van der Waals surface area contributed by atoms with Gasteiger partial charge in [0.2, 0.25) is 5.91 Å². The Morgan fingerprint density at radius 3 is 2.33 bits per heavy atom.